The number of carbonyl (C=O) groups excluding carboxylic acids is 1. The standard InChI is InChI=1S/C24H34N2O5Si/c1-23(2,3)32(5,6)31-19-14-22(27)25(16-19)17-24(26(28)29)13-12-21(30-4)20(15-24)18-10-8-7-9-11-18/h7-13,19H,14-17H2,1-6H3/t19-,24?/m0/s1. The minimum Gasteiger partial charge on any atom is -0.496 e. The summed E-state index contributed by atoms with van der Waals surface area (Å²) in [6.07, 6.45) is 3.45. The summed E-state index contributed by atoms with van der Waals surface area (Å²) >= 11 is 0. The first kappa shape index (κ1) is 24.2. The van der Waals surface area contributed by atoms with Crippen molar-refractivity contribution in [1.29, 1.82) is 0 Å². The summed E-state index contributed by atoms with van der Waals surface area (Å²) in [7, 11) is -0.478. The largest absolute Gasteiger partial charge is 0.496 e. The summed E-state index contributed by atoms with van der Waals surface area (Å²) in [6.45, 7) is 11.2. The molecule has 1 fully saturated rings. The third kappa shape index (κ3) is 4.81. The molecule has 32 heavy (non-hydrogen) atoms. The van der Waals surface area contributed by atoms with E-state index in [9.17, 15) is 14.9 Å². The van der Waals surface area contributed by atoms with Crippen molar-refractivity contribution in [3.63, 3.8) is 0 Å². The van der Waals surface area contributed by atoms with E-state index in [2.05, 4.69) is 33.9 Å². The molecule has 2 aliphatic rings. The van der Waals surface area contributed by atoms with Crippen LogP contribution in [0.15, 0.2) is 48.2 Å². The SMILES string of the molecule is COC1=C(c2ccccc2)CC(CN2C[C@@H](O[Si](C)(C)C(C)(C)C)CC2=O)([N+](=O)[O-])C=C1. The lowest BCUT2D eigenvalue weighted by molar-refractivity contribution is -0.554. The van der Waals surface area contributed by atoms with Gasteiger partial charge in [-0.15, -0.1) is 0 Å². The molecule has 0 bridgehead atoms. The zero-order valence-corrected chi connectivity index (χ0v) is 20.9. The molecular weight excluding hydrogens is 424 g/mol. The monoisotopic (exact) mass is 458 g/mol. The van der Waals surface area contributed by atoms with Gasteiger partial charge in [0.25, 0.3) is 5.54 Å². The van der Waals surface area contributed by atoms with Gasteiger partial charge < -0.3 is 14.1 Å². The van der Waals surface area contributed by atoms with E-state index in [1.165, 1.54) is 0 Å². The number of hydrogen-bond acceptors (Lipinski definition) is 5. The maximum Gasteiger partial charge on any atom is 0.262 e. The van der Waals surface area contributed by atoms with Crippen LogP contribution < -0.4 is 0 Å². The van der Waals surface area contributed by atoms with E-state index in [-0.39, 0.29) is 41.4 Å². The molecule has 8 heteroatoms. The molecule has 0 spiro atoms. The maximum absolute atomic E-state index is 12.8. The first-order valence-corrected chi connectivity index (χ1v) is 13.9. The van der Waals surface area contributed by atoms with E-state index in [0.29, 0.717) is 12.3 Å². The highest BCUT2D eigenvalue weighted by molar-refractivity contribution is 6.74. The van der Waals surface area contributed by atoms with Crippen LogP contribution in [0.3, 0.4) is 0 Å². The van der Waals surface area contributed by atoms with Crippen molar-refractivity contribution < 1.29 is 18.9 Å². The number of hydrogen-bond donors (Lipinski definition) is 0. The zero-order chi connectivity index (χ0) is 23.7. The van der Waals surface area contributed by atoms with Crippen molar-refractivity contribution in [3.8, 4) is 0 Å². The Labute approximate surface area is 191 Å². The van der Waals surface area contributed by atoms with E-state index in [1.54, 1.807) is 24.2 Å². The predicted molar refractivity (Wildman–Crippen MR) is 127 cm³/mol. The van der Waals surface area contributed by atoms with Gasteiger partial charge in [-0.2, -0.15) is 0 Å². The van der Waals surface area contributed by atoms with Crippen LogP contribution in [0.4, 0.5) is 0 Å². The van der Waals surface area contributed by atoms with Gasteiger partial charge in [-0.1, -0.05) is 51.1 Å². The number of likely N-dealkylation sites (tertiary alicyclic amines) is 1. The molecule has 0 aromatic heterocycles. The summed E-state index contributed by atoms with van der Waals surface area (Å²) < 4.78 is 11.9. The predicted octanol–water partition coefficient (Wildman–Crippen LogP) is 4.64. The topological polar surface area (TPSA) is 81.9 Å². The van der Waals surface area contributed by atoms with E-state index >= 15 is 0 Å². The second-order valence-electron chi connectivity index (χ2n) is 10.3. The molecule has 174 valence electrons. The number of nitro groups is 1. The Bertz CT molecular complexity index is 935. The Morgan fingerprint density at radius 1 is 1.25 bits per heavy atom. The van der Waals surface area contributed by atoms with Crippen molar-refractivity contribution >= 4 is 19.8 Å². The average Bonchev–Trinajstić information content (AvgIpc) is 3.05. The third-order valence-electron chi connectivity index (χ3n) is 6.94. The van der Waals surface area contributed by atoms with Gasteiger partial charge >= 0.3 is 0 Å². The number of ether oxygens (including phenoxy) is 1. The molecule has 7 nitrogen and oxygen atoms in total. The van der Waals surface area contributed by atoms with E-state index in [0.717, 1.165) is 11.1 Å². The van der Waals surface area contributed by atoms with Crippen LogP contribution >= 0.6 is 0 Å². The van der Waals surface area contributed by atoms with Gasteiger partial charge in [0, 0.05) is 17.0 Å². The van der Waals surface area contributed by atoms with Crippen LogP contribution in [-0.2, 0) is 14.0 Å². The zero-order valence-electron chi connectivity index (χ0n) is 19.9. The highest BCUT2D eigenvalue weighted by atomic mass is 28.4. The number of rotatable bonds is 7. The van der Waals surface area contributed by atoms with E-state index < -0.39 is 13.9 Å². The normalized spacial score (nSPS) is 24.2. The molecule has 1 aliphatic heterocycles. The summed E-state index contributed by atoms with van der Waals surface area (Å²) in [6, 6.07) is 9.54. The molecule has 0 saturated carbocycles. The number of benzene rings is 1. The molecular formula is C24H34N2O5Si. The molecule has 3 rings (SSSR count). The lowest BCUT2D eigenvalue weighted by Crippen LogP contribution is -2.50. The number of amides is 1. The summed E-state index contributed by atoms with van der Waals surface area (Å²) in [5.74, 6) is 0.520. The molecule has 1 saturated heterocycles. The Balaban J connectivity index is 1.82. The quantitative estimate of drug-likeness (QED) is 0.338. The van der Waals surface area contributed by atoms with Crippen molar-refractivity contribution in [2.45, 2.75) is 63.4 Å². The Hall–Kier alpha value is -2.45. The highest BCUT2D eigenvalue weighted by Gasteiger charge is 2.49. The lowest BCUT2D eigenvalue weighted by atomic mass is 9.83. The van der Waals surface area contributed by atoms with Crippen molar-refractivity contribution in [2.75, 3.05) is 20.2 Å². The van der Waals surface area contributed by atoms with Crippen LogP contribution in [-0.4, -0.2) is 55.9 Å². The van der Waals surface area contributed by atoms with Gasteiger partial charge in [0.2, 0.25) is 5.91 Å². The third-order valence-corrected chi connectivity index (χ3v) is 11.5. The molecule has 1 amide bonds. The minimum absolute atomic E-state index is 0.0139. The van der Waals surface area contributed by atoms with Crippen molar-refractivity contribution in [3.05, 3.63) is 63.9 Å². The van der Waals surface area contributed by atoms with Gasteiger partial charge in [0.15, 0.2) is 8.32 Å². The molecule has 1 aliphatic carbocycles. The summed E-state index contributed by atoms with van der Waals surface area (Å²) in [4.78, 5) is 26.5. The van der Waals surface area contributed by atoms with Gasteiger partial charge in [0.05, 0.1) is 32.6 Å². The summed E-state index contributed by atoms with van der Waals surface area (Å²) in [5.41, 5.74) is 0.245. The second-order valence-corrected chi connectivity index (χ2v) is 15.0. The molecule has 1 unspecified atom stereocenters. The number of methoxy groups -OCH3 is 1. The first-order chi connectivity index (χ1) is 14.9. The Morgan fingerprint density at radius 2 is 1.91 bits per heavy atom. The van der Waals surface area contributed by atoms with Crippen LogP contribution in [0.25, 0.3) is 5.57 Å². The fourth-order valence-corrected chi connectivity index (χ4v) is 5.39. The molecule has 1 heterocycles. The molecule has 0 radical (unpaired) electrons. The van der Waals surface area contributed by atoms with Gasteiger partial charge in [-0.3, -0.25) is 14.9 Å². The number of nitrogens with zero attached hydrogens (tertiary/aromatic N) is 2. The molecule has 1 aromatic carbocycles. The minimum atomic E-state index is -2.04. The molecule has 2 atom stereocenters. The van der Waals surface area contributed by atoms with Crippen LogP contribution in [0.2, 0.25) is 18.1 Å². The fraction of sp³-hybridized carbons (Fsp3) is 0.542. The van der Waals surface area contributed by atoms with Gasteiger partial charge in [0.1, 0.15) is 5.76 Å². The lowest BCUT2D eigenvalue weighted by Gasteiger charge is -2.38. The fourth-order valence-electron chi connectivity index (χ4n) is 4.04. The second kappa shape index (κ2) is 8.82. The summed E-state index contributed by atoms with van der Waals surface area (Å²) in [5, 5.41) is 12.3. The number of allylic oxidation sites excluding steroid dienone is 1. The first-order valence-electron chi connectivity index (χ1n) is 11.0. The molecule has 0 N–H and O–H groups in total. The molecule has 1 aromatic rings. The van der Waals surface area contributed by atoms with Crippen LogP contribution in [0.5, 0.6) is 0 Å². The van der Waals surface area contributed by atoms with Crippen LogP contribution in [0, 0.1) is 10.1 Å². The highest BCUT2D eigenvalue weighted by Crippen LogP contribution is 2.40. The van der Waals surface area contributed by atoms with E-state index in [1.807, 2.05) is 30.3 Å². The Morgan fingerprint density at radius 3 is 2.47 bits per heavy atom. The van der Waals surface area contributed by atoms with Crippen molar-refractivity contribution in [1.82, 2.24) is 4.90 Å². The number of carbonyl (C=O) groups is 1. The average molecular weight is 459 g/mol. The van der Waals surface area contributed by atoms with E-state index in [4.69, 9.17) is 9.16 Å². The van der Waals surface area contributed by atoms with Crippen LogP contribution in [0.1, 0.15) is 39.2 Å². The van der Waals surface area contributed by atoms with Gasteiger partial charge in [-0.05, 0) is 35.8 Å². The van der Waals surface area contributed by atoms with Crippen molar-refractivity contribution in [2.24, 2.45) is 0 Å². The van der Waals surface area contributed by atoms with Gasteiger partial charge in [-0.25, -0.2) is 0 Å². The maximum atomic E-state index is 12.8. The Kier molecular flexibility index (Phi) is 6.67. The smallest absolute Gasteiger partial charge is 0.262 e.